The van der Waals surface area contributed by atoms with Crippen molar-refractivity contribution in [1.29, 1.82) is 5.26 Å². The number of nitrogens with one attached hydrogen (secondary N) is 1. The molecule has 8 heteroatoms. The van der Waals surface area contributed by atoms with E-state index in [9.17, 15) is 0 Å². The third-order valence-electron chi connectivity index (χ3n) is 6.27. The number of hydrogen-bond acceptors (Lipinski definition) is 7. The Morgan fingerprint density at radius 1 is 1.11 bits per heavy atom. The molecule has 3 aromatic rings. The van der Waals surface area contributed by atoms with E-state index in [1.807, 2.05) is 6.20 Å². The molecule has 0 aliphatic carbocycles. The largest absolute Gasteiger partial charge is 0.355 e. The number of piperidine rings is 2. The number of anilines is 2. The Hall–Kier alpha value is -3.21. The van der Waals surface area contributed by atoms with E-state index < -0.39 is 0 Å². The van der Waals surface area contributed by atoms with Gasteiger partial charge >= 0.3 is 0 Å². The summed E-state index contributed by atoms with van der Waals surface area (Å²) in [5.41, 5.74) is 1.50. The van der Waals surface area contributed by atoms with Crippen LogP contribution in [0.4, 0.5) is 11.8 Å². The van der Waals surface area contributed by atoms with E-state index in [1.165, 1.54) is 0 Å². The summed E-state index contributed by atoms with van der Waals surface area (Å²) in [7, 11) is 0. The number of hydrogen-bond donors (Lipinski definition) is 1. The van der Waals surface area contributed by atoms with Crippen LogP contribution in [0.15, 0.2) is 31.0 Å². The lowest BCUT2D eigenvalue weighted by atomic mass is 9.68. The van der Waals surface area contributed by atoms with Gasteiger partial charge in [-0.1, -0.05) is 6.92 Å². The minimum Gasteiger partial charge on any atom is -0.355 e. The van der Waals surface area contributed by atoms with Crippen molar-refractivity contribution >= 4 is 22.8 Å². The zero-order valence-corrected chi connectivity index (χ0v) is 15.8. The molecule has 0 aromatic carbocycles. The van der Waals surface area contributed by atoms with Gasteiger partial charge in [0.1, 0.15) is 23.9 Å². The second-order valence-corrected chi connectivity index (χ2v) is 8.09. The molecule has 28 heavy (non-hydrogen) atoms. The zero-order chi connectivity index (χ0) is 19.1. The van der Waals surface area contributed by atoms with Gasteiger partial charge in [0.05, 0.1) is 23.3 Å². The van der Waals surface area contributed by atoms with Gasteiger partial charge < -0.3 is 14.8 Å². The van der Waals surface area contributed by atoms with E-state index in [1.54, 1.807) is 18.7 Å². The summed E-state index contributed by atoms with van der Waals surface area (Å²) in [6.45, 7) is 6.20. The van der Waals surface area contributed by atoms with Crippen molar-refractivity contribution in [2.75, 3.05) is 36.0 Å². The highest BCUT2D eigenvalue weighted by molar-refractivity contribution is 5.87. The Morgan fingerprint density at radius 3 is 2.64 bits per heavy atom. The van der Waals surface area contributed by atoms with Gasteiger partial charge in [0.25, 0.3) is 0 Å². The minimum atomic E-state index is 0.126. The lowest BCUT2D eigenvalue weighted by Crippen LogP contribution is -2.57. The second-order valence-electron chi connectivity index (χ2n) is 8.09. The van der Waals surface area contributed by atoms with Gasteiger partial charge in [-0.25, -0.2) is 19.9 Å². The summed E-state index contributed by atoms with van der Waals surface area (Å²) in [6, 6.07) is 4.13. The first-order valence-electron chi connectivity index (χ1n) is 9.66. The van der Waals surface area contributed by atoms with Gasteiger partial charge in [0.15, 0.2) is 0 Å². The molecule has 3 aromatic heterocycles. The van der Waals surface area contributed by atoms with Crippen LogP contribution in [0.1, 0.15) is 25.3 Å². The van der Waals surface area contributed by atoms with Crippen LogP contribution in [-0.4, -0.2) is 51.1 Å². The highest BCUT2D eigenvalue weighted by Crippen LogP contribution is 2.43. The molecule has 2 aliphatic rings. The fourth-order valence-electron chi connectivity index (χ4n) is 4.81. The number of aromatic amines is 1. The summed E-state index contributed by atoms with van der Waals surface area (Å²) in [5, 5.41) is 10.0. The summed E-state index contributed by atoms with van der Waals surface area (Å²) >= 11 is 0. The van der Waals surface area contributed by atoms with Crippen LogP contribution in [0.2, 0.25) is 0 Å². The Labute approximate surface area is 163 Å². The average Bonchev–Trinajstić information content (AvgIpc) is 3.21. The maximum absolute atomic E-state index is 8.97. The first-order valence-corrected chi connectivity index (χ1v) is 9.66. The number of nitrogens with zero attached hydrogens (tertiary/aromatic N) is 7. The molecular weight excluding hydrogens is 352 g/mol. The van der Waals surface area contributed by atoms with Crippen LogP contribution in [0.25, 0.3) is 11.0 Å². The van der Waals surface area contributed by atoms with Crippen LogP contribution >= 0.6 is 0 Å². The van der Waals surface area contributed by atoms with Crippen LogP contribution in [0, 0.1) is 22.7 Å². The molecule has 2 aliphatic heterocycles. The molecule has 2 unspecified atom stereocenters. The average molecular weight is 374 g/mol. The third kappa shape index (κ3) is 2.74. The molecule has 2 atom stereocenters. The van der Waals surface area contributed by atoms with Gasteiger partial charge in [-0.3, -0.25) is 0 Å². The zero-order valence-electron chi connectivity index (χ0n) is 15.8. The minimum absolute atomic E-state index is 0.126. The number of H-pyrrole nitrogens is 1. The first kappa shape index (κ1) is 16.9. The SMILES string of the molecule is CC12CN(c3ncc(C#N)cn3)CCC1CCN(c1ncnc3[nH]ccc13)C2. The highest BCUT2D eigenvalue weighted by atomic mass is 15.3. The predicted octanol–water partition coefficient (Wildman–Crippen LogP) is 2.36. The lowest BCUT2D eigenvalue weighted by molar-refractivity contribution is 0.124. The van der Waals surface area contributed by atoms with Gasteiger partial charge in [0, 0.05) is 37.8 Å². The van der Waals surface area contributed by atoms with Crippen molar-refractivity contribution in [3.8, 4) is 6.07 Å². The Kier molecular flexibility index (Phi) is 3.90. The summed E-state index contributed by atoms with van der Waals surface area (Å²) < 4.78 is 0. The van der Waals surface area contributed by atoms with Crippen molar-refractivity contribution < 1.29 is 0 Å². The summed E-state index contributed by atoms with van der Waals surface area (Å²) in [6.07, 6.45) is 9.06. The number of nitriles is 1. The molecule has 0 spiro atoms. The Morgan fingerprint density at radius 2 is 1.86 bits per heavy atom. The van der Waals surface area contributed by atoms with Gasteiger partial charge in [-0.15, -0.1) is 0 Å². The molecule has 2 fully saturated rings. The number of fused-ring (bicyclic) bond motifs is 2. The van der Waals surface area contributed by atoms with Crippen molar-refractivity contribution in [3.63, 3.8) is 0 Å². The molecule has 8 nitrogen and oxygen atoms in total. The monoisotopic (exact) mass is 374 g/mol. The van der Waals surface area contributed by atoms with Gasteiger partial charge in [-0.05, 0) is 24.8 Å². The topological polar surface area (TPSA) is 97.6 Å². The second kappa shape index (κ2) is 6.44. The molecular formula is C20H22N8. The maximum atomic E-state index is 8.97. The standard InChI is InChI=1S/C20H22N8/c1-20-11-27(18-16-2-5-22-17(16)25-13-26-18)6-3-15(20)4-7-28(12-20)19-23-9-14(8-21)10-24-19/h2,5,9-10,13,15H,3-4,6-7,11-12H2,1H3,(H,22,25,26). The summed E-state index contributed by atoms with van der Waals surface area (Å²) in [4.78, 5) is 25.6. The fraction of sp³-hybridized carbons (Fsp3) is 0.450. The predicted molar refractivity (Wildman–Crippen MR) is 106 cm³/mol. The Balaban J connectivity index is 1.40. The molecule has 0 radical (unpaired) electrons. The molecule has 5 rings (SSSR count). The highest BCUT2D eigenvalue weighted by Gasteiger charge is 2.44. The molecule has 0 amide bonds. The van der Waals surface area contributed by atoms with E-state index in [0.29, 0.717) is 17.4 Å². The molecule has 2 saturated heterocycles. The molecule has 5 heterocycles. The van der Waals surface area contributed by atoms with Gasteiger partial charge in [-0.2, -0.15) is 5.26 Å². The van der Waals surface area contributed by atoms with E-state index in [-0.39, 0.29) is 5.41 Å². The van der Waals surface area contributed by atoms with Crippen LogP contribution in [0.3, 0.4) is 0 Å². The molecule has 1 N–H and O–H groups in total. The molecule has 0 saturated carbocycles. The van der Waals surface area contributed by atoms with E-state index in [2.05, 4.69) is 53.8 Å². The van der Waals surface area contributed by atoms with Crippen molar-refractivity contribution in [1.82, 2.24) is 24.9 Å². The maximum Gasteiger partial charge on any atom is 0.225 e. The smallest absolute Gasteiger partial charge is 0.225 e. The van der Waals surface area contributed by atoms with Crippen molar-refractivity contribution in [2.24, 2.45) is 11.3 Å². The van der Waals surface area contributed by atoms with Crippen LogP contribution in [-0.2, 0) is 0 Å². The molecule has 142 valence electrons. The van der Waals surface area contributed by atoms with Crippen molar-refractivity contribution in [3.05, 3.63) is 36.5 Å². The van der Waals surface area contributed by atoms with E-state index in [0.717, 1.165) is 55.9 Å². The molecule has 0 bridgehead atoms. The third-order valence-corrected chi connectivity index (χ3v) is 6.27. The summed E-state index contributed by atoms with van der Waals surface area (Å²) in [5.74, 6) is 2.41. The quantitative estimate of drug-likeness (QED) is 0.735. The van der Waals surface area contributed by atoms with E-state index >= 15 is 0 Å². The van der Waals surface area contributed by atoms with E-state index in [4.69, 9.17) is 5.26 Å². The number of rotatable bonds is 2. The Bertz CT molecular complexity index is 1040. The fourth-order valence-corrected chi connectivity index (χ4v) is 4.81. The first-order chi connectivity index (χ1) is 13.7. The normalized spacial score (nSPS) is 24.8. The van der Waals surface area contributed by atoms with Gasteiger partial charge in [0.2, 0.25) is 5.95 Å². The van der Waals surface area contributed by atoms with Crippen LogP contribution in [0.5, 0.6) is 0 Å². The lowest BCUT2D eigenvalue weighted by Gasteiger charge is -2.52. The van der Waals surface area contributed by atoms with Crippen molar-refractivity contribution in [2.45, 2.75) is 19.8 Å². The number of aromatic nitrogens is 5. The van der Waals surface area contributed by atoms with Crippen LogP contribution < -0.4 is 9.80 Å².